The Hall–Kier alpha value is -2.78. The minimum atomic E-state index is -1.93. The summed E-state index contributed by atoms with van der Waals surface area (Å²) in [5.74, 6) is -0.502. The van der Waals surface area contributed by atoms with Crippen LogP contribution in [0.1, 0.15) is 11.3 Å². The third-order valence-corrected chi connectivity index (χ3v) is 5.78. The molecule has 0 unspecified atom stereocenters. The lowest BCUT2D eigenvalue weighted by Crippen LogP contribution is -2.56. The number of carbonyl (C=O) groups excluding carboxylic acids is 1. The van der Waals surface area contributed by atoms with Gasteiger partial charge in [0, 0.05) is 13.1 Å². The molecule has 7 nitrogen and oxygen atoms in total. The van der Waals surface area contributed by atoms with E-state index in [1.54, 1.807) is 24.7 Å². The number of thiocarbonyl (C=S) groups is 1. The molecule has 1 aromatic heterocycles. The molecule has 1 atom stereocenters. The van der Waals surface area contributed by atoms with E-state index in [-0.39, 0.29) is 16.4 Å². The summed E-state index contributed by atoms with van der Waals surface area (Å²) in [6, 6.07) is 18.4. The van der Waals surface area contributed by atoms with Crippen LogP contribution in [-0.4, -0.2) is 30.3 Å². The highest BCUT2D eigenvalue weighted by Gasteiger charge is 2.34. The predicted molar refractivity (Wildman–Crippen MR) is 143 cm³/mol. The van der Waals surface area contributed by atoms with E-state index >= 15 is 0 Å². The van der Waals surface area contributed by atoms with Gasteiger partial charge in [-0.3, -0.25) is 14.3 Å². The van der Waals surface area contributed by atoms with E-state index in [4.69, 9.17) is 47.0 Å². The molecule has 0 spiro atoms. The van der Waals surface area contributed by atoms with Gasteiger partial charge in [0.1, 0.15) is 11.9 Å². The average Bonchev–Trinajstić information content (AvgIpc) is 3.01. The predicted octanol–water partition coefficient (Wildman–Crippen LogP) is 4.30. The van der Waals surface area contributed by atoms with E-state index in [1.807, 2.05) is 60.7 Å². The zero-order chi connectivity index (χ0) is 24.9. The number of anilines is 1. The molecule has 11 heteroatoms. The zero-order valence-electron chi connectivity index (χ0n) is 18.3. The Labute approximate surface area is 217 Å². The fraction of sp³-hybridized carbons (Fsp3) is 0.174. The number of halogens is 3. The van der Waals surface area contributed by atoms with Gasteiger partial charge >= 0.3 is 0 Å². The Morgan fingerprint density at radius 2 is 1.62 bits per heavy atom. The molecule has 34 heavy (non-hydrogen) atoms. The Balaban J connectivity index is 1.74. The first-order valence-electron chi connectivity index (χ1n) is 10.1. The molecule has 3 N–H and O–H groups in total. The van der Waals surface area contributed by atoms with Gasteiger partial charge in [0.25, 0.3) is 5.56 Å². The number of benzene rings is 2. The smallest absolute Gasteiger partial charge is 0.295 e. The van der Waals surface area contributed by atoms with E-state index in [1.165, 1.54) is 10.8 Å². The van der Waals surface area contributed by atoms with Crippen LogP contribution >= 0.6 is 47.0 Å². The van der Waals surface area contributed by atoms with Crippen LogP contribution in [0.2, 0.25) is 0 Å². The van der Waals surface area contributed by atoms with E-state index in [2.05, 4.69) is 16.0 Å². The maximum atomic E-state index is 13.1. The maximum absolute atomic E-state index is 13.1. The van der Waals surface area contributed by atoms with E-state index in [0.717, 1.165) is 5.56 Å². The Bertz CT molecular complexity index is 1250. The highest BCUT2D eigenvalue weighted by atomic mass is 35.6. The quantitative estimate of drug-likeness (QED) is 0.189. The zero-order valence-corrected chi connectivity index (χ0v) is 21.3. The summed E-state index contributed by atoms with van der Waals surface area (Å²) in [5, 5.41) is 8.18. The number of para-hydroxylation sites is 1. The van der Waals surface area contributed by atoms with Crippen LogP contribution in [0.3, 0.4) is 0 Å². The van der Waals surface area contributed by atoms with Crippen molar-refractivity contribution in [3.8, 4) is 5.69 Å². The number of nitrogens with one attached hydrogen (secondary N) is 3. The van der Waals surface area contributed by atoms with E-state index in [0.29, 0.717) is 11.4 Å². The molecular formula is C23H22Cl3N5O2S. The first-order chi connectivity index (χ1) is 16.1. The monoisotopic (exact) mass is 537 g/mol. The molecule has 0 radical (unpaired) electrons. The van der Waals surface area contributed by atoms with Gasteiger partial charge in [-0.1, -0.05) is 83.3 Å². The molecule has 0 bridgehead atoms. The Morgan fingerprint density at radius 1 is 1.03 bits per heavy atom. The summed E-state index contributed by atoms with van der Waals surface area (Å²) in [6.45, 7) is 1.77. The van der Waals surface area contributed by atoms with Gasteiger partial charge in [-0.25, -0.2) is 4.68 Å². The molecule has 3 rings (SSSR count). The van der Waals surface area contributed by atoms with Crippen molar-refractivity contribution in [3.05, 3.63) is 88.4 Å². The first kappa shape index (κ1) is 25.8. The van der Waals surface area contributed by atoms with Crippen molar-refractivity contribution in [1.82, 2.24) is 20.0 Å². The van der Waals surface area contributed by atoms with Crippen LogP contribution in [0.25, 0.3) is 11.8 Å². The van der Waals surface area contributed by atoms with Gasteiger partial charge in [-0.05, 0) is 42.9 Å². The summed E-state index contributed by atoms with van der Waals surface area (Å²) < 4.78 is 1.27. The lowest BCUT2D eigenvalue weighted by Gasteiger charge is -2.27. The summed E-state index contributed by atoms with van der Waals surface area (Å²) in [5.41, 5.74) is 2.11. The molecule has 178 valence electrons. The molecule has 1 amide bonds. The highest BCUT2D eigenvalue weighted by molar-refractivity contribution is 7.80. The average molecular weight is 539 g/mol. The third-order valence-electron chi connectivity index (χ3n) is 4.91. The molecule has 3 aromatic rings. The van der Waals surface area contributed by atoms with E-state index < -0.39 is 15.9 Å². The van der Waals surface area contributed by atoms with Gasteiger partial charge in [0.15, 0.2) is 5.11 Å². The Morgan fingerprint density at radius 3 is 2.21 bits per heavy atom. The molecule has 0 saturated carbocycles. The second-order valence-electron chi connectivity index (χ2n) is 7.26. The molecule has 0 aliphatic heterocycles. The van der Waals surface area contributed by atoms with Gasteiger partial charge in [0.2, 0.25) is 9.70 Å². The Kier molecular flexibility index (Phi) is 8.43. The van der Waals surface area contributed by atoms with Crippen molar-refractivity contribution in [2.24, 2.45) is 7.05 Å². The SMILES string of the molecule is Cc1c(NC(=S)N[C@H](NC(=O)/C=C\c2ccccc2)C(Cl)(Cl)Cl)c(=O)n(-c2ccccc2)n1C. The standard InChI is InChI=1S/C23H22Cl3N5O2S/c1-15-19(20(33)31(30(15)2)17-11-7-4-8-12-17)28-22(34)29-21(23(24,25)26)27-18(32)14-13-16-9-5-3-6-10-16/h3-14,21H,1-2H3,(H,27,32)(H2,28,29,34)/b14-13-/t21-/m0/s1. The lowest BCUT2D eigenvalue weighted by molar-refractivity contribution is -0.117. The maximum Gasteiger partial charge on any atom is 0.295 e. The lowest BCUT2D eigenvalue weighted by atomic mass is 10.2. The number of hydrogen-bond donors (Lipinski definition) is 3. The third kappa shape index (κ3) is 6.42. The summed E-state index contributed by atoms with van der Waals surface area (Å²) in [4.78, 5) is 25.5. The minimum absolute atomic E-state index is 0.00493. The number of rotatable bonds is 6. The highest BCUT2D eigenvalue weighted by Crippen LogP contribution is 2.29. The van der Waals surface area contributed by atoms with Gasteiger partial charge in [-0.2, -0.15) is 0 Å². The van der Waals surface area contributed by atoms with Crippen LogP contribution in [0.4, 0.5) is 5.69 Å². The van der Waals surface area contributed by atoms with Crippen LogP contribution in [-0.2, 0) is 11.8 Å². The van der Waals surface area contributed by atoms with Crippen molar-refractivity contribution in [2.45, 2.75) is 16.9 Å². The van der Waals surface area contributed by atoms with Crippen LogP contribution in [0, 0.1) is 6.92 Å². The van der Waals surface area contributed by atoms with Crippen molar-refractivity contribution < 1.29 is 4.79 Å². The molecule has 0 aliphatic carbocycles. The number of hydrogen-bond acceptors (Lipinski definition) is 3. The minimum Gasteiger partial charge on any atom is -0.339 e. The van der Waals surface area contributed by atoms with Crippen LogP contribution in [0.15, 0.2) is 71.5 Å². The first-order valence-corrected chi connectivity index (χ1v) is 11.6. The molecule has 2 aromatic carbocycles. The molecule has 0 fully saturated rings. The largest absolute Gasteiger partial charge is 0.339 e. The number of carbonyl (C=O) groups is 1. The summed E-state index contributed by atoms with van der Waals surface area (Å²) >= 11 is 23.5. The van der Waals surface area contributed by atoms with Crippen molar-refractivity contribution in [2.75, 3.05) is 5.32 Å². The van der Waals surface area contributed by atoms with Crippen LogP contribution in [0.5, 0.6) is 0 Å². The summed E-state index contributed by atoms with van der Waals surface area (Å²) in [7, 11) is 1.76. The number of amides is 1. The molecular weight excluding hydrogens is 517 g/mol. The topological polar surface area (TPSA) is 80.1 Å². The number of alkyl halides is 3. The fourth-order valence-corrected chi connectivity index (χ4v) is 3.67. The van der Waals surface area contributed by atoms with Crippen molar-refractivity contribution in [3.63, 3.8) is 0 Å². The second-order valence-corrected chi connectivity index (χ2v) is 10.0. The van der Waals surface area contributed by atoms with E-state index in [9.17, 15) is 9.59 Å². The summed E-state index contributed by atoms with van der Waals surface area (Å²) in [6.07, 6.45) is 1.77. The molecule has 0 aliphatic rings. The van der Waals surface area contributed by atoms with Crippen molar-refractivity contribution >= 4 is 69.8 Å². The van der Waals surface area contributed by atoms with Gasteiger partial charge < -0.3 is 16.0 Å². The van der Waals surface area contributed by atoms with Crippen molar-refractivity contribution in [1.29, 1.82) is 0 Å². The van der Waals surface area contributed by atoms with Gasteiger partial charge in [0.05, 0.1) is 11.4 Å². The second kappa shape index (κ2) is 11.1. The fourth-order valence-electron chi connectivity index (χ4n) is 3.12. The number of nitrogens with zero attached hydrogens (tertiary/aromatic N) is 2. The number of aromatic nitrogens is 2. The molecule has 1 heterocycles. The normalized spacial score (nSPS) is 12.4. The van der Waals surface area contributed by atoms with Crippen LogP contribution < -0.4 is 21.5 Å². The van der Waals surface area contributed by atoms with Gasteiger partial charge in [-0.15, -0.1) is 0 Å². The molecule has 0 saturated heterocycles.